The fourth-order valence-electron chi connectivity index (χ4n) is 3.39. The predicted octanol–water partition coefficient (Wildman–Crippen LogP) is 2.66. The van der Waals surface area contributed by atoms with Gasteiger partial charge in [0.05, 0.1) is 4.90 Å². The van der Waals surface area contributed by atoms with E-state index >= 15 is 0 Å². The highest BCUT2D eigenvalue weighted by Crippen LogP contribution is 2.32. The lowest BCUT2D eigenvalue weighted by Crippen LogP contribution is -2.47. The van der Waals surface area contributed by atoms with Crippen molar-refractivity contribution >= 4 is 15.9 Å². The van der Waals surface area contributed by atoms with E-state index in [4.69, 9.17) is 9.47 Å². The highest BCUT2D eigenvalue weighted by atomic mass is 32.2. The fourth-order valence-corrected chi connectivity index (χ4v) is 4.60. The molecule has 0 spiro atoms. The Kier molecular flexibility index (Phi) is 6.72. The predicted molar refractivity (Wildman–Crippen MR) is 120 cm³/mol. The Labute approximate surface area is 187 Å². The third-order valence-corrected chi connectivity index (χ3v) is 6.50. The molecule has 166 valence electrons. The molecule has 7 nitrogen and oxygen atoms in total. The summed E-state index contributed by atoms with van der Waals surface area (Å²) in [6.45, 7) is 1.07. The number of hydrogen-bond donors (Lipinski definition) is 2. The van der Waals surface area contributed by atoms with Crippen LogP contribution in [0.4, 0.5) is 0 Å². The van der Waals surface area contributed by atoms with Gasteiger partial charge in [-0.3, -0.25) is 4.79 Å². The summed E-state index contributed by atoms with van der Waals surface area (Å²) in [6, 6.07) is 22.2. The van der Waals surface area contributed by atoms with E-state index in [1.165, 1.54) is 12.1 Å². The second-order valence-electron chi connectivity index (χ2n) is 7.37. The lowest BCUT2D eigenvalue weighted by atomic mass is 10.1. The standard InChI is InChI=1S/C24H24N2O5S/c27-24(25-17-19-9-5-2-6-10-19)21(15-18-7-3-1-4-8-18)26-32(28,29)20-11-12-22-23(16-20)31-14-13-30-22/h1-12,16,21,26H,13-15,17H2,(H,25,27). The van der Waals surface area contributed by atoms with Gasteiger partial charge in [0.2, 0.25) is 15.9 Å². The summed E-state index contributed by atoms with van der Waals surface area (Å²) >= 11 is 0. The van der Waals surface area contributed by atoms with Crippen molar-refractivity contribution in [2.24, 2.45) is 0 Å². The zero-order valence-electron chi connectivity index (χ0n) is 17.4. The maximum atomic E-state index is 13.1. The maximum Gasteiger partial charge on any atom is 0.241 e. The van der Waals surface area contributed by atoms with E-state index < -0.39 is 22.0 Å². The zero-order valence-corrected chi connectivity index (χ0v) is 18.2. The summed E-state index contributed by atoms with van der Waals surface area (Å²) in [4.78, 5) is 13.0. The van der Waals surface area contributed by atoms with Gasteiger partial charge in [0.25, 0.3) is 0 Å². The first-order chi connectivity index (χ1) is 15.5. The van der Waals surface area contributed by atoms with Crippen molar-refractivity contribution in [2.45, 2.75) is 23.9 Å². The van der Waals surface area contributed by atoms with Crippen LogP contribution in [-0.4, -0.2) is 33.6 Å². The van der Waals surface area contributed by atoms with Crippen molar-refractivity contribution in [1.29, 1.82) is 0 Å². The molecule has 0 aromatic heterocycles. The molecule has 1 aliphatic rings. The van der Waals surface area contributed by atoms with Crippen LogP contribution in [-0.2, 0) is 27.8 Å². The maximum absolute atomic E-state index is 13.1. The molecule has 1 unspecified atom stereocenters. The minimum Gasteiger partial charge on any atom is -0.486 e. The van der Waals surface area contributed by atoms with Gasteiger partial charge in [-0.05, 0) is 29.7 Å². The van der Waals surface area contributed by atoms with Gasteiger partial charge in [0.15, 0.2) is 11.5 Å². The fraction of sp³-hybridized carbons (Fsp3) is 0.208. The monoisotopic (exact) mass is 452 g/mol. The van der Waals surface area contributed by atoms with Crippen LogP contribution >= 0.6 is 0 Å². The minimum absolute atomic E-state index is 0.00988. The molecule has 0 aliphatic carbocycles. The molecule has 0 saturated carbocycles. The zero-order chi connectivity index (χ0) is 22.4. The van der Waals surface area contributed by atoms with E-state index in [-0.39, 0.29) is 11.3 Å². The molecule has 1 heterocycles. The molecule has 0 bridgehead atoms. The molecule has 1 amide bonds. The van der Waals surface area contributed by atoms with Crippen molar-refractivity contribution in [3.63, 3.8) is 0 Å². The Hall–Kier alpha value is -3.36. The van der Waals surface area contributed by atoms with Crippen molar-refractivity contribution in [1.82, 2.24) is 10.0 Å². The van der Waals surface area contributed by atoms with Crippen LogP contribution in [0.25, 0.3) is 0 Å². The molecule has 0 saturated heterocycles. The Balaban J connectivity index is 1.54. The van der Waals surface area contributed by atoms with Gasteiger partial charge < -0.3 is 14.8 Å². The highest BCUT2D eigenvalue weighted by Gasteiger charge is 2.27. The van der Waals surface area contributed by atoms with Crippen LogP contribution in [0.15, 0.2) is 83.8 Å². The summed E-state index contributed by atoms with van der Waals surface area (Å²) in [5, 5.41) is 2.83. The van der Waals surface area contributed by atoms with Gasteiger partial charge in [-0.15, -0.1) is 0 Å². The molecule has 1 aliphatic heterocycles. The quantitative estimate of drug-likeness (QED) is 0.548. The Morgan fingerprint density at radius 3 is 2.16 bits per heavy atom. The molecule has 0 radical (unpaired) electrons. The van der Waals surface area contributed by atoms with E-state index in [2.05, 4.69) is 10.0 Å². The average Bonchev–Trinajstić information content (AvgIpc) is 2.83. The largest absolute Gasteiger partial charge is 0.486 e. The van der Waals surface area contributed by atoms with Gasteiger partial charge >= 0.3 is 0 Å². The van der Waals surface area contributed by atoms with Gasteiger partial charge in [-0.2, -0.15) is 4.72 Å². The number of hydrogen-bond acceptors (Lipinski definition) is 5. The molecule has 4 rings (SSSR count). The minimum atomic E-state index is -3.99. The highest BCUT2D eigenvalue weighted by molar-refractivity contribution is 7.89. The second kappa shape index (κ2) is 9.84. The lowest BCUT2D eigenvalue weighted by Gasteiger charge is -2.21. The molecule has 3 aromatic carbocycles. The van der Waals surface area contributed by atoms with Crippen LogP contribution in [0.5, 0.6) is 11.5 Å². The topological polar surface area (TPSA) is 93.7 Å². The molecule has 8 heteroatoms. The normalized spacial score (nSPS) is 13.9. The number of carbonyl (C=O) groups excluding carboxylic acids is 1. The molecule has 2 N–H and O–H groups in total. The summed E-state index contributed by atoms with van der Waals surface area (Å²) in [6.07, 6.45) is 0.214. The van der Waals surface area contributed by atoms with Crippen molar-refractivity contribution in [3.05, 3.63) is 90.0 Å². The molecular formula is C24H24N2O5S. The lowest BCUT2D eigenvalue weighted by molar-refractivity contribution is -0.122. The molecular weight excluding hydrogens is 428 g/mol. The van der Waals surface area contributed by atoms with E-state index in [1.54, 1.807) is 6.07 Å². The molecule has 32 heavy (non-hydrogen) atoms. The SMILES string of the molecule is O=C(NCc1ccccc1)C(Cc1ccccc1)NS(=O)(=O)c1ccc2c(c1)OCCO2. The van der Waals surface area contributed by atoms with Gasteiger partial charge in [0, 0.05) is 12.6 Å². The number of sulfonamides is 1. The summed E-state index contributed by atoms with van der Waals surface area (Å²) in [7, 11) is -3.99. The van der Waals surface area contributed by atoms with E-state index in [0.29, 0.717) is 31.3 Å². The smallest absolute Gasteiger partial charge is 0.241 e. The average molecular weight is 453 g/mol. The second-order valence-corrected chi connectivity index (χ2v) is 9.09. The van der Waals surface area contributed by atoms with Crippen molar-refractivity contribution < 1.29 is 22.7 Å². The summed E-state index contributed by atoms with van der Waals surface area (Å²) in [5.41, 5.74) is 1.77. The van der Waals surface area contributed by atoms with Crippen LogP contribution < -0.4 is 19.5 Å². The summed E-state index contributed by atoms with van der Waals surface area (Å²) in [5.74, 6) is 0.461. The Morgan fingerprint density at radius 1 is 0.844 bits per heavy atom. The van der Waals surface area contributed by atoms with Crippen molar-refractivity contribution in [2.75, 3.05) is 13.2 Å². The number of amides is 1. The number of carbonyl (C=O) groups is 1. The third kappa shape index (κ3) is 5.46. The Morgan fingerprint density at radius 2 is 1.47 bits per heavy atom. The number of fused-ring (bicyclic) bond motifs is 1. The molecule has 3 aromatic rings. The van der Waals surface area contributed by atoms with E-state index in [1.807, 2.05) is 60.7 Å². The van der Waals surface area contributed by atoms with Gasteiger partial charge in [0.1, 0.15) is 19.3 Å². The number of nitrogens with one attached hydrogen (secondary N) is 2. The first-order valence-electron chi connectivity index (χ1n) is 10.3. The summed E-state index contributed by atoms with van der Waals surface area (Å²) < 4.78 is 39.7. The number of rotatable bonds is 8. The molecule has 0 fully saturated rings. The first kappa shape index (κ1) is 21.9. The Bertz CT molecular complexity index is 1170. The van der Waals surface area contributed by atoms with E-state index in [9.17, 15) is 13.2 Å². The molecule has 1 atom stereocenters. The number of benzene rings is 3. The van der Waals surface area contributed by atoms with Crippen LogP contribution in [0.2, 0.25) is 0 Å². The third-order valence-electron chi connectivity index (χ3n) is 5.03. The van der Waals surface area contributed by atoms with Crippen LogP contribution in [0.3, 0.4) is 0 Å². The van der Waals surface area contributed by atoms with Crippen LogP contribution in [0, 0.1) is 0 Å². The van der Waals surface area contributed by atoms with Crippen molar-refractivity contribution in [3.8, 4) is 11.5 Å². The van der Waals surface area contributed by atoms with Gasteiger partial charge in [-0.25, -0.2) is 8.42 Å². The van der Waals surface area contributed by atoms with Crippen LogP contribution in [0.1, 0.15) is 11.1 Å². The number of ether oxygens (including phenoxy) is 2. The van der Waals surface area contributed by atoms with E-state index in [0.717, 1.165) is 11.1 Å². The van der Waals surface area contributed by atoms with Gasteiger partial charge in [-0.1, -0.05) is 60.7 Å². The first-order valence-corrected chi connectivity index (χ1v) is 11.8.